The summed E-state index contributed by atoms with van der Waals surface area (Å²) in [6.45, 7) is 0. The van der Waals surface area contributed by atoms with E-state index in [2.05, 4.69) is 15.5 Å². The minimum atomic E-state index is -1.34. The van der Waals surface area contributed by atoms with Gasteiger partial charge in [-0.3, -0.25) is 5.43 Å². The maximum atomic E-state index is 11.1. The Labute approximate surface area is 158 Å². The number of methoxy groups -OCH3 is 2. The molecule has 0 saturated heterocycles. The van der Waals surface area contributed by atoms with E-state index in [1.54, 1.807) is 18.2 Å². The molecule has 2 rings (SSSR count). The number of carboxylic acid groups (broad SMARTS) is 1. The van der Waals surface area contributed by atoms with Crippen molar-refractivity contribution in [3.05, 3.63) is 44.7 Å². The molecule has 0 bridgehead atoms. The molecule has 1 heterocycles. The van der Waals surface area contributed by atoms with Crippen molar-refractivity contribution < 1.29 is 19.4 Å². The van der Waals surface area contributed by atoms with Gasteiger partial charge >= 0.3 is 5.97 Å². The maximum Gasteiger partial charge on any atom is 0.356 e. The van der Waals surface area contributed by atoms with Gasteiger partial charge in [0.1, 0.15) is 10.0 Å². The molecule has 0 aliphatic rings. The second-order valence-electron chi connectivity index (χ2n) is 4.54. The van der Waals surface area contributed by atoms with Gasteiger partial charge in [-0.1, -0.05) is 34.8 Å². The minimum absolute atomic E-state index is 0.0393. The number of rotatable bonds is 6. The lowest BCUT2D eigenvalue weighted by Gasteiger charge is -2.10. The third-order valence-electron chi connectivity index (χ3n) is 3.04. The van der Waals surface area contributed by atoms with Crippen molar-refractivity contribution in [2.24, 2.45) is 5.10 Å². The first-order valence-electron chi connectivity index (χ1n) is 6.68. The van der Waals surface area contributed by atoms with Crippen LogP contribution in [0.15, 0.2) is 23.3 Å². The van der Waals surface area contributed by atoms with Crippen LogP contribution in [0.2, 0.25) is 15.2 Å². The Morgan fingerprint density at radius 3 is 2.48 bits per heavy atom. The van der Waals surface area contributed by atoms with Gasteiger partial charge in [-0.15, -0.1) is 0 Å². The molecule has 10 heteroatoms. The average Bonchev–Trinajstić information content (AvgIpc) is 2.60. The van der Waals surface area contributed by atoms with Gasteiger partial charge < -0.3 is 14.6 Å². The number of nitrogens with one attached hydrogen (secondary N) is 1. The molecule has 132 valence electrons. The molecule has 0 atom stereocenters. The van der Waals surface area contributed by atoms with E-state index in [4.69, 9.17) is 49.4 Å². The number of hydrogen-bond acceptors (Lipinski definition) is 6. The summed E-state index contributed by atoms with van der Waals surface area (Å²) in [4.78, 5) is 14.7. The van der Waals surface area contributed by atoms with Crippen LogP contribution in [0, 0.1) is 0 Å². The zero-order valence-electron chi connectivity index (χ0n) is 13.0. The largest absolute Gasteiger partial charge is 0.493 e. The van der Waals surface area contributed by atoms with Gasteiger partial charge in [0.2, 0.25) is 0 Å². The third kappa shape index (κ3) is 4.25. The number of aromatic carboxylic acids is 1. The van der Waals surface area contributed by atoms with Crippen LogP contribution in [-0.4, -0.2) is 36.5 Å². The van der Waals surface area contributed by atoms with E-state index in [0.717, 1.165) is 0 Å². The van der Waals surface area contributed by atoms with E-state index in [1.165, 1.54) is 20.4 Å². The summed E-state index contributed by atoms with van der Waals surface area (Å²) in [5.41, 5.74) is 2.88. The highest BCUT2D eigenvalue weighted by Crippen LogP contribution is 2.36. The van der Waals surface area contributed by atoms with Crippen LogP contribution >= 0.6 is 34.8 Å². The summed E-state index contributed by atoms with van der Waals surface area (Å²) in [5, 5.41) is 12.6. The Bertz CT molecular complexity index is 843. The highest BCUT2D eigenvalue weighted by molar-refractivity contribution is 6.46. The number of nitrogens with zero attached hydrogens (tertiary/aromatic N) is 2. The van der Waals surface area contributed by atoms with E-state index in [-0.39, 0.29) is 20.9 Å². The van der Waals surface area contributed by atoms with Crippen molar-refractivity contribution in [2.75, 3.05) is 19.6 Å². The lowest BCUT2D eigenvalue weighted by Crippen LogP contribution is -2.05. The zero-order chi connectivity index (χ0) is 18.6. The molecule has 1 aromatic heterocycles. The average molecular weight is 405 g/mol. The monoisotopic (exact) mass is 403 g/mol. The van der Waals surface area contributed by atoms with Crippen molar-refractivity contribution in [1.82, 2.24) is 4.98 Å². The van der Waals surface area contributed by atoms with Crippen LogP contribution in [0.1, 0.15) is 16.1 Å². The molecule has 2 aromatic rings. The molecular weight excluding hydrogens is 393 g/mol. The second-order valence-corrected chi connectivity index (χ2v) is 5.66. The molecular formula is C15H12Cl3N3O4. The molecule has 0 aliphatic heterocycles. The number of pyridine rings is 1. The predicted molar refractivity (Wildman–Crippen MR) is 97.0 cm³/mol. The quantitative estimate of drug-likeness (QED) is 0.426. The normalized spacial score (nSPS) is 10.8. The first kappa shape index (κ1) is 19.1. The van der Waals surface area contributed by atoms with Gasteiger partial charge in [0.05, 0.1) is 26.1 Å². The molecule has 0 fully saturated rings. The van der Waals surface area contributed by atoms with E-state index in [0.29, 0.717) is 17.1 Å². The van der Waals surface area contributed by atoms with Gasteiger partial charge in [0.15, 0.2) is 22.3 Å². The number of hydrogen-bond donors (Lipinski definition) is 2. The van der Waals surface area contributed by atoms with Crippen molar-refractivity contribution in [2.45, 2.75) is 0 Å². The van der Waals surface area contributed by atoms with Crippen molar-refractivity contribution in [3.63, 3.8) is 0 Å². The number of hydrazone groups is 1. The van der Waals surface area contributed by atoms with Crippen molar-refractivity contribution >= 4 is 52.7 Å². The summed E-state index contributed by atoms with van der Waals surface area (Å²) >= 11 is 17.8. The maximum absolute atomic E-state index is 11.1. The summed E-state index contributed by atoms with van der Waals surface area (Å²) in [6.07, 6.45) is 1.46. The highest BCUT2D eigenvalue weighted by atomic mass is 35.5. The molecule has 25 heavy (non-hydrogen) atoms. The summed E-state index contributed by atoms with van der Waals surface area (Å²) in [7, 11) is 3.05. The lowest BCUT2D eigenvalue weighted by atomic mass is 10.2. The first-order chi connectivity index (χ1) is 11.9. The van der Waals surface area contributed by atoms with E-state index in [9.17, 15) is 4.79 Å². The van der Waals surface area contributed by atoms with Gasteiger partial charge in [0.25, 0.3) is 0 Å². The number of ether oxygens (including phenoxy) is 2. The van der Waals surface area contributed by atoms with E-state index in [1.807, 2.05) is 0 Å². The molecule has 0 spiro atoms. The van der Waals surface area contributed by atoms with Crippen LogP contribution in [0.3, 0.4) is 0 Å². The Morgan fingerprint density at radius 1 is 1.20 bits per heavy atom. The van der Waals surface area contributed by atoms with Gasteiger partial charge in [0, 0.05) is 0 Å². The van der Waals surface area contributed by atoms with E-state index < -0.39 is 11.7 Å². The van der Waals surface area contributed by atoms with Crippen LogP contribution in [0.5, 0.6) is 11.5 Å². The smallest absolute Gasteiger partial charge is 0.356 e. The van der Waals surface area contributed by atoms with Gasteiger partial charge in [-0.05, 0) is 23.8 Å². The van der Waals surface area contributed by atoms with Crippen LogP contribution in [0.4, 0.5) is 5.69 Å². The Kier molecular flexibility index (Phi) is 6.30. The Hall–Kier alpha value is -2.22. The molecule has 0 unspecified atom stereocenters. The molecule has 7 nitrogen and oxygen atoms in total. The minimum Gasteiger partial charge on any atom is -0.493 e. The number of halogens is 3. The van der Waals surface area contributed by atoms with Gasteiger partial charge in [-0.2, -0.15) is 5.10 Å². The fourth-order valence-electron chi connectivity index (χ4n) is 1.86. The van der Waals surface area contributed by atoms with Crippen LogP contribution in [-0.2, 0) is 0 Å². The fourth-order valence-corrected chi connectivity index (χ4v) is 2.52. The molecule has 0 saturated carbocycles. The van der Waals surface area contributed by atoms with Crippen LogP contribution in [0.25, 0.3) is 0 Å². The predicted octanol–water partition coefficient (Wildman–Crippen LogP) is 4.20. The number of aromatic nitrogens is 1. The van der Waals surface area contributed by atoms with Gasteiger partial charge in [-0.25, -0.2) is 9.78 Å². The lowest BCUT2D eigenvalue weighted by molar-refractivity contribution is 0.0691. The summed E-state index contributed by atoms with van der Waals surface area (Å²) < 4.78 is 10.3. The number of carboxylic acids is 1. The molecule has 2 N–H and O–H groups in total. The summed E-state index contributed by atoms with van der Waals surface area (Å²) in [5.74, 6) is -0.233. The first-order valence-corrected chi connectivity index (χ1v) is 7.81. The standard InChI is InChI=1S/C15H12Cl3N3O4/c1-24-8-4-3-7(5-9(8)25-2)6-19-21-12-10(16)13(15(22)23)20-14(18)11(12)17/h3-6H,1-2H3,(H,20,21)(H,22,23). The number of carbonyl (C=O) groups is 1. The third-order valence-corrected chi connectivity index (χ3v) is 4.14. The SMILES string of the molecule is COc1ccc(C=NNc2c(Cl)c(Cl)nc(C(=O)O)c2Cl)cc1OC. The topological polar surface area (TPSA) is 93.0 Å². The van der Waals surface area contributed by atoms with Crippen molar-refractivity contribution in [1.29, 1.82) is 0 Å². The number of benzene rings is 1. The summed E-state index contributed by atoms with van der Waals surface area (Å²) in [6, 6.07) is 5.17. The van der Waals surface area contributed by atoms with E-state index >= 15 is 0 Å². The zero-order valence-corrected chi connectivity index (χ0v) is 15.3. The highest BCUT2D eigenvalue weighted by Gasteiger charge is 2.20. The number of anilines is 1. The van der Waals surface area contributed by atoms with Crippen LogP contribution < -0.4 is 14.9 Å². The second kappa shape index (κ2) is 8.24. The van der Waals surface area contributed by atoms with Crippen molar-refractivity contribution in [3.8, 4) is 11.5 Å². The fraction of sp³-hybridized carbons (Fsp3) is 0.133. The molecule has 0 aliphatic carbocycles. The molecule has 0 radical (unpaired) electrons. The Morgan fingerprint density at radius 2 is 1.88 bits per heavy atom. The Balaban J connectivity index is 2.30. The molecule has 0 amide bonds. The molecule has 1 aromatic carbocycles.